The Morgan fingerprint density at radius 2 is 0.929 bits per heavy atom. The number of hydrogen-bond acceptors (Lipinski definition) is 7. The van der Waals surface area contributed by atoms with E-state index in [0.717, 1.165) is 82.2 Å². The van der Waals surface area contributed by atoms with E-state index in [1.807, 2.05) is 72.8 Å². The van der Waals surface area contributed by atoms with Crippen molar-refractivity contribution in [3.63, 3.8) is 0 Å². The van der Waals surface area contributed by atoms with Gasteiger partial charge in [0.15, 0.2) is 23.3 Å². The first-order valence-electron chi connectivity index (χ1n) is 18.4. The highest BCUT2D eigenvalue weighted by molar-refractivity contribution is 7.26. The van der Waals surface area contributed by atoms with Crippen molar-refractivity contribution >= 4 is 53.6 Å². The molecule has 0 fully saturated rings. The van der Waals surface area contributed by atoms with Crippen molar-refractivity contribution in [2.24, 2.45) is 0 Å². The van der Waals surface area contributed by atoms with E-state index in [-0.39, 0.29) is 0 Å². The number of para-hydroxylation sites is 1. The molecule has 262 valence electrons. The van der Waals surface area contributed by atoms with Crippen LogP contribution in [0.25, 0.3) is 110 Å². The van der Waals surface area contributed by atoms with E-state index in [1.54, 1.807) is 11.3 Å². The SMILES string of the molecule is c1ccc(-c2nc(-c3ccccc3)nc(-c3ccc4c(c3)oc3c(-c5cccc(-c6nc(-c7ccccc7)c7sc8ccccc8c7n6)c5)cccc34)n2)cc1. The molecule has 0 aliphatic rings. The number of furan rings is 1. The molecule has 0 aliphatic carbocycles. The normalized spacial score (nSPS) is 11.6. The molecular weight excluding hydrogens is 707 g/mol. The largest absolute Gasteiger partial charge is 0.455 e. The van der Waals surface area contributed by atoms with Gasteiger partial charge in [-0.15, -0.1) is 11.3 Å². The summed E-state index contributed by atoms with van der Waals surface area (Å²) >= 11 is 1.74. The maximum atomic E-state index is 6.75. The minimum atomic E-state index is 0.582. The van der Waals surface area contributed by atoms with Gasteiger partial charge >= 0.3 is 0 Å². The summed E-state index contributed by atoms with van der Waals surface area (Å²) in [7, 11) is 0. The average molecular weight is 736 g/mol. The summed E-state index contributed by atoms with van der Waals surface area (Å²) in [6.07, 6.45) is 0. The highest BCUT2D eigenvalue weighted by atomic mass is 32.1. The molecule has 7 heteroatoms. The molecule has 0 radical (unpaired) electrons. The maximum absolute atomic E-state index is 6.75. The van der Waals surface area contributed by atoms with Gasteiger partial charge in [-0.05, 0) is 29.8 Å². The Bertz CT molecular complexity index is 3190. The number of nitrogens with zero attached hydrogens (tertiary/aromatic N) is 5. The molecule has 4 heterocycles. The summed E-state index contributed by atoms with van der Waals surface area (Å²) in [4.78, 5) is 25.2. The third kappa shape index (κ3) is 5.52. The zero-order valence-electron chi connectivity index (χ0n) is 29.8. The van der Waals surface area contributed by atoms with E-state index in [4.69, 9.17) is 29.3 Å². The first-order chi connectivity index (χ1) is 27.7. The summed E-state index contributed by atoms with van der Waals surface area (Å²) < 4.78 is 9.04. The summed E-state index contributed by atoms with van der Waals surface area (Å²) in [5, 5.41) is 3.20. The molecular formula is C49H29N5OS. The van der Waals surface area contributed by atoms with Crippen molar-refractivity contribution in [3.05, 3.63) is 176 Å². The molecule has 0 N–H and O–H groups in total. The molecule has 0 saturated carbocycles. The second-order valence-corrected chi connectivity index (χ2v) is 14.7. The minimum Gasteiger partial charge on any atom is -0.455 e. The average Bonchev–Trinajstić information content (AvgIpc) is 3.85. The Hall–Kier alpha value is -7.35. The lowest BCUT2D eigenvalue weighted by molar-refractivity contribution is 0.670. The summed E-state index contributed by atoms with van der Waals surface area (Å²) in [5.41, 5.74) is 10.2. The number of benzene rings is 7. The topological polar surface area (TPSA) is 77.6 Å². The molecule has 0 saturated heterocycles. The molecule has 0 unspecified atom stereocenters. The van der Waals surface area contributed by atoms with Gasteiger partial charge in [-0.1, -0.05) is 152 Å². The Balaban J connectivity index is 1.03. The molecule has 0 aliphatic heterocycles. The monoisotopic (exact) mass is 735 g/mol. The van der Waals surface area contributed by atoms with Gasteiger partial charge < -0.3 is 4.42 Å². The molecule has 6 nitrogen and oxygen atoms in total. The first kappa shape index (κ1) is 32.1. The van der Waals surface area contributed by atoms with Gasteiger partial charge in [0.1, 0.15) is 11.2 Å². The van der Waals surface area contributed by atoms with Gasteiger partial charge in [0.25, 0.3) is 0 Å². The second-order valence-electron chi connectivity index (χ2n) is 13.7. The highest BCUT2D eigenvalue weighted by Crippen LogP contribution is 2.41. The van der Waals surface area contributed by atoms with Crippen LogP contribution in [0.15, 0.2) is 180 Å². The lowest BCUT2D eigenvalue weighted by Gasteiger charge is -2.09. The fourth-order valence-corrected chi connectivity index (χ4v) is 8.59. The number of rotatable bonds is 6. The van der Waals surface area contributed by atoms with E-state index in [0.29, 0.717) is 23.3 Å². The second kappa shape index (κ2) is 13.2. The van der Waals surface area contributed by atoms with Crippen LogP contribution in [0.5, 0.6) is 0 Å². The Morgan fingerprint density at radius 3 is 1.66 bits per heavy atom. The maximum Gasteiger partial charge on any atom is 0.164 e. The van der Waals surface area contributed by atoms with Crippen LogP contribution in [0, 0.1) is 0 Å². The number of aromatic nitrogens is 5. The smallest absolute Gasteiger partial charge is 0.164 e. The van der Waals surface area contributed by atoms with E-state index in [2.05, 4.69) is 103 Å². The quantitative estimate of drug-likeness (QED) is 0.169. The van der Waals surface area contributed by atoms with Crippen molar-refractivity contribution in [1.82, 2.24) is 24.9 Å². The number of thiophene rings is 1. The summed E-state index contributed by atoms with van der Waals surface area (Å²) in [6, 6.07) is 59.8. The predicted molar refractivity (Wildman–Crippen MR) is 228 cm³/mol. The number of hydrogen-bond donors (Lipinski definition) is 0. The first-order valence-corrected chi connectivity index (χ1v) is 19.2. The fourth-order valence-electron chi connectivity index (χ4n) is 7.44. The van der Waals surface area contributed by atoms with Crippen LogP contribution in [-0.4, -0.2) is 24.9 Å². The van der Waals surface area contributed by atoms with Crippen molar-refractivity contribution in [1.29, 1.82) is 0 Å². The molecule has 11 aromatic rings. The predicted octanol–water partition coefficient (Wildman–Crippen LogP) is 12.9. The van der Waals surface area contributed by atoms with Gasteiger partial charge in [-0.2, -0.15) is 0 Å². The van der Waals surface area contributed by atoms with Crippen LogP contribution >= 0.6 is 11.3 Å². The van der Waals surface area contributed by atoms with Gasteiger partial charge in [0.2, 0.25) is 0 Å². The van der Waals surface area contributed by atoms with Crippen molar-refractivity contribution in [2.45, 2.75) is 0 Å². The Morgan fingerprint density at radius 1 is 0.375 bits per heavy atom. The fraction of sp³-hybridized carbons (Fsp3) is 0. The zero-order valence-corrected chi connectivity index (χ0v) is 30.6. The van der Waals surface area contributed by atoms with Gasteiger partial charge in [0, 0.05) is 54.2 Å². The minimum absolute atomic E-state index is 0.582. The Kier molecular flexibility index (Phi) is 7.57. The van der Waals surface area contributed by atoms with Crippen molar-refractivity contribution in [2.75, 3.05) is 0 Å². The van der Waals surface area contributed by atoms with E-state index >= 15 is 0 Å². The van der Waals surface area contributed by atoms with Gasteiger partial charge in [-0.3, -0.25) is 0 Å². The van der Waals surface area contributed by atoms with E-state index in [9.17, 15) is 0 Å². The van der Waals surface area contributed by atoms with Crippen LogP contribution in [-0.2, 0) is 0 Å². The van der Waals surface area contributed by atoms with E-state index in [1.165, 1.54) is 4.70 Å². The van der Waals surface area contributed by atoms with Crippen molar-refractivity contribution < 1.29 is 4.42 Å². The molecule has 56 heavy (non-hydrogen) atoms. The molecule has 4 aromatic heterocycles. The zero-order chi connectivity index (χ0) is 37.0. The van der Waals surface area contributed by atoms with Crippen LogP contribution in [0.3, 0.4) is 0 Å². The highest BCUT2D eigenvalue weighted by Gasteiger charge is 2.19. The lowest BCUT2D eigenvalue weighted by atomic mass is 10.00. The number of fused-ring (bicyclic) bond motifs is 6. The molecule has 0 bridgehead atoms. The third-order valence-electron chi connectivity index (χ3n) is 10.2. The standard InChI is InChI=1S/C49H29N5OS/c1-4-14-30(15-5-1)42-45-43(39-22-10-11-25-41(39)56-45)51-48(50-42)34-21-12-20-33(28-34)36-23-13-24-38-37-27-26-35(29-40(37)55-44(36)38)49-53-46(31-16-6-2-7-17-31)52-47(54-49)32-18-8-3-9-19-32/h1-29H. The molecule has 0 amide bonds. The molecule has 11 rings (SSSR count). The summed E-state index contributed by atoms with van der Waals surface area (Å²) in [6.45, 7) is 0. The van der Waals surface area contributed by atoms with Crippen molar-refractivity contribution in [3.8, 4) is 67.9 Å². The van der Waals surface area contributed by atoms with Crippen LogP contribution in [0.1, 0.15) is 0 Å². The lowest BCUT2D eigenvalue weighted by Crippen LogP contribution is -2.00. The molecule has 0 atom stereocenters. The third-order valence-corrected chi connectivity index (χ3v) is 11.3. The summed E-state index contributed by atoms with van der Waals surface area (Å²) in [5.74, 6) is 2.50. The van der Waals surface area contributed by atoms with Crippen LogP contribution < -0.4 is 0 Å². The van der Waals surface area contributed by atoms with Gasteiger partial charge in [-0.25, -0.2) is 24.9 Å². The van der Waals surface area contributed by atoms with Crippen LogP contribution in [0.2, 0.25) is 0 Å². The molecule has 7 aromatic carbocycles. The Labute approximate surface area is 325 Å². The molecule has 0 spiro atoms. The van der Waals surface area contributed by atoms with Crippen LogP contribution in [0.4, 0.5) is 0 Å². The van der Waals surface area contributed by atoms with E-state index < -0.39 is 0 Å². The van der Waals surface area contributed by atoms with Gasteiger partial charge in [0.05, 0.1) is 15.9 Å².